The predicted molar refractivity (Wildman–Crippen MR) is 68.0 cm³/mol. The van der Waals surface area contributed by atoms with Crippen molar-refractivity contribution < 1.29 is 9.59 Å². The van der Waals surface area contributed by atoms with Crippen molar-refractivity contribution in [2.45, 2.75) is 6.42 Å². The van der Waals surface area contributed by atoms with Gasteiger partial charge in [-0.1, -0.05) is 30.3 Å². The number of hydrogen-bond acceptors (Lipinski definition) is 3. The molecule has 0 spiro atoms. The van der Waals surface area contributed by atoms with Crippen LogP contribution in [0.15, 0.2) is 35.7 Å². The maximum atomic E-state index is 11.3. The summed E-state index contributed by atoms with van der Waals surface area (Å²) in [5, 5.41) is 1.87. The zero-order valence-corrected chi connectivity index (χ0v) is 9.87. The molecular formula is C13H11NO2S. The molecule has 86 valence electrons. The number of aldehydes is 1. The molecule has 0 atom stereocenters. The fourth-order valence-electron chi connectivity index (χ4n) is 1.74. The number of carbonyl (C=O) groups excluding carboxylic acids is 2. The van der Waals surface area contributed by atoms with Crippen molar-refractivity contribution in [2.24, 2.45) is 5.73 Å². The van der Waals surface area contributed by atoms with Crippen LogP contribution in [0.4, 0.5) is 0 Å². The molecule has 0 aliphatic heterocycles. The fraction of sp³-hybridized carbons (Fsp3) is 0.0769. The molecule has 2 aromatic rings. The van der Waals surface area contributed by atoms with Crippen LogP contribution in [-0.4, -0.2) is 12.2 Å². The summed E-state index contributed by atoms with van der Waals surface area (Å²) in [4.78, 5) is 22.4. The van der Waals surface area contributed by atoms with Gasteiger partial charge in [-0.05, 0) is 22.1 Å². The van der Waals surface area contributed by atoms with Crippen molar-refractivity contribution in [3.05, 3.63) is 46.2 Å². The van der Waals surface area contributed by atoms with Crippen molar-refractivity contribution in [3.63, 3.8) is 0 Å². The van der Waals surface area contributed by atoms with Crippen LogP contribution in [0.5, 0.6) is 0 Å². The van der Waals surface area contributed by atoms with Crippen LogP contribution >= 0.6 is 11.3 Å². The second-order valence-corrected chi connectivity index (χ2v) is 4.44. The summed E-state index contributed by atoms with van der Waals surface area (Å²) in [5.41, 5.74) is 7.92. The molecule has 0 bridgehead atoms. The first-order valence-corrected chi connectivity index (χ1v) is 6.01. The number of carbonyl (C=O) groups is 2. The first-order valence-electron chi connectivity index (χ1n) is 5.13. The predicted octanol–water partition coefficient (Wildman–Crippen LogP) is 2.26. The van der Waals surface area contributed by atoms with E-state index < -0.39 is 5.91 Å². The summed E-state index contributed by atoms with van der Waals surface area (Å²) in [6, 6.07) is 9.65. The van der Waals surface area contributed by atoms with E-state index in [1.54, 1.807) is 0 Å². The Morgan fingerprint density at radius 2 is 2.00 bits per heavy atom. The summed E-state index contributed by atoms with van der Waals surface area (Å²) < 4.78 is 0. The van der Waals surface area contributed by atoms with Crippen molar-refractivity contribution in [2.75, 3.05) is 0 Å². The van der Waals surface area contributed by atoms with Crippen LogP contribution in [0, 0.1) is 0 Å². The van der Waals surface area contributed by atoms with Crippen LogP contribution in [0.3, 0.4) is 0 Å². The normalized spacial score (nSPS) is 10.1. The third kappa shape index (κ3) is 2.26. The zero-order chi connectivity index (χ0) is 12.3. The van der Waals surface area contributed by atoms with Crippen LogP contribution in [0.2, 0.25) is 0 Å². The maximum Gasteiger partial charge on any atom is 0.259 e. The number of hydrogen-bond donors (Lipinski definition) is 1. The molecule has 17 heavy (non-hydrogen) atoms. The van der Waals surface area contributed by atoms with Crippen molar-refractivity contribution in [3.8, 4) is 11.1 Å². The lowest BCUT2D eigenvalue weighted by Gasteiger charge is -2.02. The third-order valence-electron chi connectivity index (χ3n) is 2.49. The number of thiophene rings is 1. The minimum atomic E-state index is -0.478. The summed E-state index contributed by atoms with van der Waals surface area (Å²) in [7, 11) is 0. The Bertz CT molecular complexity index is 546. The van der Waals surface area contributed by atoms with E-state index in [4.69, 9.17) is 5.73 Å². The Morgan fingerprint density at radius 3 is 2.59 bits per heavy atom. The van der Waals surface area contributed by atoms with E-state index in [1.807, 2.05) is 35.7 Å². The molecule has 2 rings (SSSR count). The largest absolute Gasteiger partial charge is 0.365 e. The van der Waals surface area contributed by atoms with Gasteiger partial charge >= 0.3 is 0 Å². The topological polar surface area (TPSA) is 60.2 Å². The number of benzene rings is 1. The van der Waals surface area contributed by atoms with Crippen molar-refractivity contribution in [1.29, 1.82) is 0 Å². The van der Waals surface area contributed by atoms with Gasteiger partial charge in [0.2, 0.25) is 0 Å². The highest BCUT2D eigenvalue weighted by Crippen LogP contribution is 2.31. The van der Waals surface area contributed by atoms with E-state index >= 15 is 0 Å². The number of nitrogens with two attached hydrogens (primary N) is 1. The number of rotatable bonds is 4. The van der Waals surface area contributed by atoms with E-state index in [2.05, 4.69) is 0 Å². The zero-order valence-electron chi connectivity index (χ0n) is 9.05. The lowest BCUT2D eigenvalue weighted by atomic mass is 10.0. The van der Waals surface area contributed by atoms with Gasteiger partial charge in [0.1, 0.15) is 6.29 Å². The van der Waals surface area contributed by atoms with Crippen LogP contribution in [-0.2, 0) is 11.2 Å². The molecule has 0 saturated heterocycles. The second-order valence-electron chi connectivity index (χ2n) is 3.56. The Labute approximate surface area is 103 Å². The molecule has 0 unspecified atom stereocenters. The Balaban J connectivity index is 2.55. The molecule has 2 N–H and O–H groups in total. The van der Waals surface area contributed by atoms with Gasteiger partial charge < -0.3 is 10.5 Å². The van der Waals surface area contributed by atoms with Crippen molar-refractivity contribution in [1.82, 2.24) is 0 Å². The molecule has 0 fully saturated rings. The number of primary amides is 1. The SMILES string of the molecule is NC(=O)c1scc(-c2ccccc2)c1CC=O. The highest BCUT2D eigenvalue weighted by Gasteiger charge is 2.16. The number of amides is 1. The Hall–Kier alpha value is -1.94. The van der Waals surface area contributed by atoms with Gasteiger partial charge in [0.25, 0.3) is 5.91 Å². The fourth-order valence-corrected chi connectivity index (χ4v) is 2.70. The molecule has 3 nitrogen and oxygen atoms in total. The van der Waals surface area contributed by atoms with E-state index in [-0.39, 0.29) is 6.42 Å². The molecular weight excluding hydrogens is 234 g/mol. The van der Waals surface area contributed by atoms with Crippen LogP contribution in [0.25, 0.3) is 11.1 Å². The molecule has 1 heterocycles. The molecule has 1 aromatic heterocycles. The average molecular weight is 245 g/mol. The van der Waals surface area contributed by atoms with E-state index in [1.165, 1.54) is 11.3 Å². The highest BCUT2D eigenvalue weighted by atomic mass is 32.1. The van der Waals surface area contributed by atoms with Gasteiger partial charge in [0, 0.05) is 6.42 Å². The molecule has 0 saturated carbocycles. The Morgan fingerprint density at radius 1 is 1.29 bits per heavy atom. The van der Waals surface area contributed by atoms with Gasteiger partial charge in [-0.3, -0.25) is 4.79 Å². The standard InChI is InChI=1S/C13H11NO2S/c14-13(16)12-10(6-7-15)11(8-17-12)9-4-2-1-3-5-9/h1-5,7-8H,6H2,(H2,14,16). The lowest BCUT2D eigenvalue weighted by Crippen LogP contribution is -2.11. The van der Waals surface area contributed by atoms with Gasteiger partial charge in [0.15, 0.2) is 0 Å². The summed E-state index contributed by atoms with van der Waals surface area (Å²) in [5.74, 6) is -0.478. The first kappa shape index (κ1) is 11.5. The molecule has 0 aliphatic rings. The van der Waals surface area contributed by atoms with E-state index in [9.17, 15) is 9.59 Å². The maximum absolute atomic E-state index is 11.3. The minimum Gasteiger partial charge on any atom is -0.365 e. The van der Waals surface area contributed by atoms with E-state index in [0.717, 1.165) is 23.0 Å². The van der Waals surface area contributed by atoms with Gasteiger partial charge in [0.05, 0.1) is 4.88 Å². The minimum absolute atomic E-state index is 0.214. The highest BCUT2D eigenvalue weighted by molar-refractivity contribution is 7.12. The molecule has 0 radical (unpaired) electrons. The molecule has 4 heteroatoms. The van der Waals surface area contributed by atoms with Crippen LogP contribution < -0.4 is 5.73 Å². The van der Waals surface area contributed by atoms with Gasteiger partial charge in [-0.15, -0.1) is 11.3 Å². The molecule has 1 aromatic carbocycles. The second kappa shape index (κ2) is 4.93. The lowest BCUT2D eigenvalue weighted by molar-refractivity contribution is -0.107. The smallest absolute Gasteiger partial charge is 0.259 e. The summed E-state index contributed by atoms with van der Waals surface area (Å²) in [6.07, 6.45) is 1.01. The average Bonchev–Trinajstić information content (AvgIpc) is 2.75. The van der Waals surface area contributed by atoms with E-state index in [0.29, 0.717) is 4.88 Å². The van der Waals surface area contributed by atoms with Crippen molar-refractivity contribution >= 4 is 23.5 Å². The quantitative estimate of drug-likeness (QED) is 0.840. The monoisotopic (exact) mass is 245 g/mol. The van der Waals surface area contributed by atoms with Crippen LogP contribution in [0.1, 0.15) is 15.2 Å². The summed E-state index contributed by atoms with van der Waals surface area (Å²) >= 11 is 1.29. The molecule has 1 amide bonds. The Kier molecular flexibility index (Phi) is 3.35. The molecule has 0 aliphatic carbocycles. The first-order chi connectivity index (χ1) is 8.24. The third-order valence-corrected chi connectivity index (χ3v) is 3.53. The summed E-state index contributed by atoms with van der Waals surface area (Å²) in [6.45, 7) is 0. The van der Waals surface area contributed by atoms with Gasteiger partial charge in [-0.25, -0.2) is 0 Å². The van der Waals surface area contributed by atoms with Gasteiger partial charge in [-0.2, -0.15) is 0 Å².